The predicted molar refractivity (Wildman–Crippen MR) is 107 cm³/mol. The fourth-order valence-electron chi connectivity index (χ4n) is 3.07. The highest BCUT2D eigenvalue weighted by Gasteiger charge is 2.30. The molecule has 1 atom stereocenters. The number of nitrogens with zero attached hydrogens (tertiary/aromatic N) is 4. The van der Waals surface area contributed by atoms with Crippen LogP contribution in [-0.2, 0) is 11.3 Å². The quantitative estimate of drug-likeness (QED) is 0.778. The highest BCUT2D eigenvalue weighted by atomic mass is 19.1. The summed E-state index contributed by atoms with van der Waals surface area (Å²) in [6.07, 6.45) is 2.91. The van der Waals surface area contributed by atoms with Gasteiger partial charge in [0.2, 0.25) is 5.95 Å². The van der Waals surface area contributed by atoms with Crippen LogP contribution in [0.5, 0.6) is 5.75 Å². The number of carbonyl (C=O) groups is 1. The zero-order valence-electron chi connectivity index (χ0n) is 17.3. The summed E-state index contributed by atoms with van der Waals surface area (Å²) in [7, 11) is 0. The Balaban J connectivity index is 1.55. The number of benzene rings is 1. The highest BCUT2D eigenvalue weighted by molar-refractivity contribution is 5.68. The number of piperazine rings is 1. The van der Waals surface area contributed by atoms with Gasteiger partial charge in [0.15, 0.2) is 5.75 Å². The Hall–Kier alpha value is -2.90. The minimum absolute atomic E-state index is 0.0512. The van der Waals surface area contributed by atoms with E-state index in [1.165, 1.54) is 12.1 Å². The fourth-order valence-corrected chi connectivity index (χ4v) is 3.07. The van der Waals surface area contributed by atoms with Crippen molar-refractivity contribution in [2.75, 3.05) is 24.5 Å². The van der Waals surface area contributed by atoms with Crippen molar-refractivity contribution in [3.8, 4) is 5.75 Å². The second-order valence-electron chi connectivity index (χ2n) is 8.11. The average molecular weight is 402 g/mol. The van der Waals surface area contributed by atoms with Gasteiger partial charge in [-0.25, -0.2) is 19.2 Å². The van der Waals surface area contributed by atoms with Gasteiger partial charge in [-0.1, -0.05) is 12.1 Å². The second-order valence-corrected chi connectivity index (χ2v) is 8.11. The first-order valence-corrected chi connectivity index (χ1v) is 9.65. The molecule has 1 aliphatic heterocycles. The van der Waals surface area contributed by atoms with Crippen LogP contribution in [0.15, 0.2) is 36.7 Å². The SMILES string of the molecule is C[C@@H]1CN(C(=O)OC(C)(C)C)CCN1c1ncc(OCc2cccc(F)c2)cn1. The minimum atomic E-state index is -0.512. The molecule has 29 heavy (non-hydrogen) atoms. The van der Waals surface area contributed by atoms with Crippen LogP contribution < -0.4 is 9.64 Å². The average Bonchev–Trinajstić information content (AvgIpc) is 2.65. The number of ether oxygens (including phenoxy) is 2. The summed E-state index contributed by atoms with van der Waals surface area (Å²) in [5.41, 5.74) is 0.225. The lowest BCUT2D eigenvalue weighted by molar-refractivity contribution is 0.0218. The molecular formula is C21H27FN4O3. The van der Waals surface area contributed by atoms with Gasteiger partial charge >= 0.3 is 6.09 Å². The van der Waals surface area contributed by atoms with Crippen LogP contribution in [0, 0.1) is 5.82 Å². The van der Waals surface area contributed by atoms with Gasteiger partial charge in [-0.05, 0) is 45.4 Å². The molecule has 0 aliphatic carbocycles. The zero-order chi connectivity index (χ0) is 21.0. The van der Waals surface area contributed by atoms with Crippen LogP contribution >= 0.6 is 0 Å². The van der Waals surface area contributed by atoms with E-state index in [2.05, 4.69) is 14.9 Å². The Morgan fingerprint density at radius 2 is 1.97 bits per heavy atom. The molecule has 2 aromatic rings. The van der Waals surface area contributed by atoms with Crippen molar-refractivity contribution < 1.29 is 18.7 Å². The number of hydrogen-bond donors (Lipinski definition) is 0. The first-order valence-electron chi connectivity index (χ1n) is 9.65. The molecule has 0 radical (unpaired) electrons. The molecule has 7 nitrogen and oxygen atoms in total. The topological polar surface area (TPSA) is 67.8 Å². The number of halogens is 1. The van der Waals surface area contributed by atoms with Crippen molar-refractivity contribution in [2.24, 2.45) is 0 Å². The third-order valence-corrected chi connectivity index (χ3v) is 4.45. The molecular weight excluding hydrogens is 375 g/mol. The van der Waals surface area contributed by atoms with E-state index in [-0.39, 0.29) is 24.6 Å². The first kappa shape index (κ1) is 20.8. The Bertz CT molecular complexity index is 839. The van der Waals surface area contributed by atoms with Crippen LogP contribution in [0.25, 0.3) is 0 Å². The van der Waals surface area contributed by atoms with Crippen LogP contribution in [0.4, 0.5) is 15.1 Å². The van der Waals surface area contributed by atoms with Crippen molar-refractivity contribution in [2.45, 2.75) is 45.9 Å². The molecule has 1 aliphatic rings. The lowest BCUT2D eigenvalue weighted by atomic mass is 10.2. The van der Waals surface area contributed by atoms with E-state index in [4.69, 9.17) is 9.47 Å². The van der Waals surface area contributed by atoms with Gasteiger partial charge in [-0.3, -0.25) is 0 Å². The Labute approximate surface area is 170 Å². The summed E-state index contributed by atoms with van der Waals surface area (Å²) in [5.74, 6) is 0.801. The summed E-state index contributed by atoms with van der Waals surface area (Å²) < 4.78 is 24.3. The van der Waals surface area contributed by atoms with Gasteiger partial charge in [0.1, 0.15) is 18.0 Å². The largest absolute Gasteiger partial charge is 0.486 e. The van der Waals surface area contributed by atoms with Crippen molar-refractivity contribution in [3.05, 3.63) is 48.0 Å². The summed E-state index contributed by atoms with van der Waals surface area (Å²) in [6.45, 7) is 9.53. The molecule has 1 aromatic carbocycles. The normalized spacial score (nSPS) is 17.2. The smallest absolute Gasteiger partial charge is 0.410 e. The maximum atomic E-state index is 13.2. The molecule has 0 unspecified atom stereocenters. The Morgan fingerprint density at radius 3 is 2.59 bits per heavy atom. The Kier molecular flexibility index (Phi) is 6.20. The first-order chi connectivity index (χ1) is 13.7. The molecule has 1 fully saturated rings. The van der Waals surface area contributed by atoms with Crippen molar-refractivity contribution >= 4 is 12.0 Å². The van der Waals surface area contributed by atoms with Crippen LogP contribution in [0.1, 0.15) is 33.3 Å². The number of anilines is 1. The van der Waals surface area contributed by atoms with Gasteiger partial charge in [0.25, 0.3) is 0 Å². The number of aromatic nitrogens is 2. The molecule has 1 aromatic heterocycles. The number of rotatable bonds is 4. The van der Waals surface area contributed by atoms with Crippen molar-refractivity contribution in [1.29, 1.82) is 0 Å². The van der Waals surface area contributed by atoms with E-state index in [0.29, 0.717) is 31.3 Å². The molecule has 0 spiro atoms. The summed E-state index contributed by atoms with van der Waals surface area (Å²) in [4.78, 5) is 24.8. The summed E-state index contributed by atoms with van der Waals surface area (Å²) in [5, 5.41) is 0. The third-order valence-electron chi connectivity index (χ3n) is 4.45. The molecule has 1 amide bonds. The monoisotopic (exact) mass is 402 g/mol. The number of hydrogen-bond acceptors (Lipinski definition) is 6. The van der Waals surface area contributed by atoms with E-state index < -0.39 is 5.60 Å². The van der Waals surface area contributed by atoms with Gasteiger partial charge in [-0.15, -0.1) is 0 Å². The minimum Gasteiger partial charge on any atom is -0.486 e. The molecule has 3 rings (SSSR count). The lowest BCUT2D eigenvalue weighted by Crippen LogP contribution is -2.55. The van der Waals surface area contributed by atoms with Crippen molar-refractivity contribution in [1.82, 2.24) is 14.9 Å². The van der Waals surface area contributed by atoms with Crippen LogP contribution in [0.2, 0.25) is 0 Å². The molecule has 8 heteroatoms. The molecule has 1 saturated heterocycles. The number of amides is 1. The van der Waals surface area contributed by atoms with Gasteiger partial charge in [0, 0.05) is 25.7 Å². The fraction of sp³-hybridized carbons (Fsp3) is 0.476. The lowest BCUT2D eigenvalue weighted by Gasteiger charge is -2.40. The highest BCUT2D eigenvalue weighted by Crippen LogP contribution is 2.20. The second kappa shape index (κ2) is 8.63. The van der Waals surface area contributed by atoms with E-state index in [1.54, 1.807) is 29.4 Å². The number of carbonyl (C=O) groups excluding carboxylic acids is 1. The third kappa shape index (κ3) is 5.79. The van der Waals surface area contributed by atoms with Crippen molar-refractivity contribution in [3.63, 3.8) is 0 Å². The van der Waals surface area contributed by atoms with E-state index in [9.17, 15) is 9.18 Å². The summed E-state index contributed by atoms with van der Waals surface area (Å²) in [6, 6.07) is 6.32. The van der Waals surface area contributed by atoms with Gasteiger partial charge in [-0.2, -0.15) is 0 Å². The maximum Gasteiger partial charge on any atom is 0.410 e. The molecule has 156 valence electrons. The van der Waals surface area contributed by atoms with Gasteiger partial charge in [0.05, 0.1) is 12.4 Å². The summed E-state index contributed by atoms with van der Waals surface area (Å²) >= 11 is 0. The predicted octanol–water partition coefficient (Wildman–Crippen LogP) is 3.64. The molecule has 0 saturated carbocycles. The molecule has 2 heterocycles. The van der Waals surface area contributed by atoms with E-state index in [1.807, 2.05) is 27.7 Å². The van der Waals surface area contributed by atoms with Crippen LogP contribution in [0.3, 0.4) is 0 Å². The molecule has 0 N–H and O–H groups in total. The maximum absolute atomic E-state index is 13.2. The van der Waals surface area contributed by atoms with E-state index >= 15 is 0 Å². The Morgan fingerprint density at radius 1 is 1.24 bits per heavy atom. The molecule has 0 bridgehead atoms. The van der Waals surface area contributed by atoms with E-state index in [0.717, 1.165) is 5.56 Å². The van der Waals surface area contributed by atoms with Gasteiger partial charge < -0.3 is 19.3 Å². The standard InChI is InChI=1S/C21H27FN4O3/c1-15-13-25(20(27)29-21(2,3)4)8-9-26(15)19-23-11-18(12-24-19)28-14-16-6-5-7-17(22)10-16/h5-7,10-12,15H,8-9,13-14H2,1-4H3/t15-/m1/s1. The van der Waals surface area contributed by atoms with Crippen LogP contribution in [-0.4, -0.2) is 52.2 Å². The zero-order valence-corrected chi connectivity index (χ0v) is 17.3.